The number of nitrogens with zero attached hydrogens (tertiary/aromatic N) is 3. The molecule has 1 amide bonds. The van der Waals surface area contributed by atoms with Crippen LogP contribution in [0.5, 0.6) is 0 Å². The molecule has 1 aliphatic rings. The number of nitro benzene ring substituents is 1. The third-order valence-corrected chi connectivity index (χ3v) is 6.19. The fourth-order valence-electron chi connectivity index (χ4n) is 3.57. The zero-order valence-corrected chi connectivity index (χ0v) is 17.1. The van der Waals surface area contributed by atoms with Gasteiger partial charge < -0.3 is 4.74 Å². The maximum absolute atomic E-state index is 13.5. The third kappa shape index (κ3) is 3.86. The summed E-state index contributed by atoms with van der Waals surface area (Å²) in [6, 6.07) is 10.6. The molecular weight excluding hydrogens is 390 g/mol. The van der Waals surface area contributed by atoms with Crippen molar-refractivity contribution in [1.29, 1.82) is 0 Å². The van der Waals surface area contributed by atoms with E-state index in [-0.39, 0.29) is 17.7 Å². The highest BCUT2D eigenvalue weighted by atomic mass is 32.1. The minimum Gasteiger partial charge on any atom is -0.376 e. The lowest BCUT2D eigenvalue weighted by atomic mass is 10.1. The monoisotopic (exact) mass is 411 g/mol. The van der Waals surface area contributed by atoms with Crippen molar-refractivity contribution < 1.29 is 14.5 Å². The molecule has 0 bridgehead atoms. The summed E-state index contributed by atoms with van der Waals surface area (Å²) in [4.78, 5) is 30.6. The van der Waals surface area contributed by atoms with Gasteiger partial charge in [-0.05, 0) is 50.5 Å². The number of hydrogen-bond donors (Lipinski definition) is 0. The first-order valence-electron chi connectivity index (χ1n) is 9.48. The van der Waals surface area contributed by atoms with E-state index in [4.69, 9.17) is 4.74 Å². The number of nitro groups is 1. The quantitative estimate of drug-likeness (QED) is 0.451. The highest BCUT2D eigenvalue weighted by Crippen LogP contribution is 2.32. The van der Waals surface area contributed by atoms with Crippen LogP contribution in [0.3, 0.4) is 0 Å². The van der Waals surface area contributed by atoms with Gasteiger partial charge in [-0.2, -0.15) is 0 Å². The molecule has 1 unspecified atom stereocenters. The van der Waals surface area contributed by atoms with Crippen molar-refractivity contribution in [2.75, 3.05) is 18.1 Å². The summed E-state index contributed by atoms with van der Waals surface area (Å²) in [6.45, 7) is 4.68. The van der Waals surface area contributed by atoms with Gasteiger partial charge in [-0.25, -0.2) is 4.98 Å². The number of ether oxygens (including phenoxy) is 1. The highest BCUT2D eigenvalue weighted by Gasteiger charge is 2.29. The summed E-state index contributed by atoms with van der Waals surface area (Å²) in [5, 5.41) is 11.9. The van der Waals surface area contributed by atoms with Crippen molar-refractivity contribution in [3.63, 3.8) is 0 Å². The van der Waals surface area contributed by atoms with Gasteiger partial charge in [0.05, 0.1) is 27.8 Å². The van der Waals surface area contributed by atoms with Crippen LogP contribution in [0, 0.1) is 24.0 Å². The predicted octanol–water partition coefficient (Wildman–Crippen LogP) is 4.65. The molecule has 1 aliphatic heterocycles. The average Bonchev–Trinajstić information content (AvgIpc) is 3.34. The maximum atomic E-state index is 13.5. The van der Waals surface area contributed by atoms with E-state index in [1.807, 2.05) is 25.1 Å². The Morgan fingerprint density at radius 1 is 1.34 bits per heavy atom. The number of anilines is 1. The maximum Gasteiger partial charge on any atom is 0.273 e. The first-order chi connectivity index (χ1) is 13.9. The van der Waals surface area contributed by atoms with Crippen LogP contribution in [0.2, 0.25) is 0 Å². The van der Waals surface area contributed by atoms with Gasteiger partial charge in [-0.1, -0.05) is 23.5 Å². The Morgan fingerprint density at radius 3 is 2.90 bits per heavy atom. The summed E-state index contributed by atoms with van der Waals surface area (Å²) in [7, 11) is 0. The van der Waals surface area contributed by atoms with Gasteiger partial charge in [0.2, 0.25) is 0 Å². The van der Waals surface area contributed by atoms with Crippen molar-refractivity contribution in [3.8, 4) is 0 Å². The van der Waals surface area contributed by atoms with Crippen LogP contribution in [0.25, 0.3) is 10.2 Å². The van der Waals surface area contributed by atoms with Crippen molar-refractivity contribution >= 4 is 38.3 Å². The van der Waals surface area contributed by atoms with Crippen LogP contribution in [-0.2, 0) is 4.74 Å². The molecule has 7 nitrogen and oxygen atoms in total. The summed E-state index contributed by atoms with van der Waals surface area (Å²) >= 11 is 1.45. The normalized spacial score (nSPS) is 16.3. The summed E-state index contributed by atoms with van der Waals surface area (Å²) in [5.74, 6) is -0.294. The first kappa shape index (κ1) is 19.5. The van der Waals surface area contributed by atoms with Crippen molar-refractivity contribution in [3.05, 3.63) is 63.2 Å². The topological polar surface area (TPSA) is 85.6 Å². The highest BCUT2D eigenvalue weighted by molar-refractivity contribution is 7.22. The van der Waals surface area contributed by atoms with E-state index >= 15 is 0 Å². The van der Waals surface area contributed by atoms with Gasteiger partial charge in [-0.3, -0.25) is 19.8 Å². The Hall–Kier alpha value is -2.84. The second-order valence-electron chi connectivity index (χ2n) is 7.23. The van der Waals surface area contributed by atoms with Crippen LogP contribution in [-0.4, -0.2) is 35.1 Å². The van der Waals surface area contributed by atoms with Crippen LogP contribution in [0.4, 0.5) is 10.8 Å². The molecule has 0 spiro atoms. The molecule has 150 valence electrons. The Morgan fingerprint density at radius 2 is 2.17 bits per heavy atom. The number of amides is 1. The molecule has 8 heteroatoms. The molecule has 2 aromatic carbocycles. The number of carbonyl (C=O) groups excluding carboxylic acids is 1. The second-order valence-corrected chi connectivity index (χ2v) is 8.23. The molecule has 4 rings (SSSR count). The fourth-order valence-corrected chi connectivity index (χ4v) is 4.64. The third-order valence-electron chi connectivity index (χ3n) is 5.15. The van der Waals surface area contributed by atoms with Gasteiger partial charge in [-0.15, -0.1) is 0 Å². The van der Waals surface area contributed by atoms with Crippen molar-refractivity contribution in [2.24, 2.45) is 0 Å². The van der Waals surface area contributed by atoms with Crippen LogP contribution in [0.1, 0.15) is 34.3 Å². The van der Waals surface area contributed by atoms with Gasteiger partial charge in [0.1, 0.15) is 0 Å². The minimum absolute atomic E-state index is 0.0622. The van der Waals surface area contributed by atoms with Gasteiger partial charge in [0.25, 0.3) is 11.6 Å². The number of benzene rings is 2. The number of rotatable bonds is 5. The van der Waals surface area contributed by atoms with E-state index in [0.29, 0.717) is 29.4 Å². The van der Waals surface area contributed by atoms with E-state index in [9.17, 15) is 14.9 Å². The standard InChI is InChI=1S/C21H21N3O4S/c1-13-8-9-17-19(11-13)29-21(22-17)23(12-15-5-4-10-28-15)20(25)16-6-3-7-18(14(16)2)24(26)27/h3,6-9,11,15H,4-5,10,12H2,1-2H3. The molecule has 1 aromatic heterocycles. The summed E-state index contributed by atoms with van der Waals surface area (Å²) in [6.07, 6.45) is 1.77. The van der Waals surface area contributed by atoms with Gasteiger partial charge in [0.15, 0.2) is 5.13 Å². The lowest BCUT2D eigenvalue weighted by Gasteiger charge is -2.23. The molecular formula is C21H21N3O4S. The lowest BCUT2D eigenvalue weighted by molar-refractivity contribution is -0.385. The van der Waals surface area contributed by atoms with E-state index in [2.05, 4.69) is 4.98 Å². The molecule has 1 fully saturated rings. The first-order valence-corrected chi connectivity index (χ1v) is 10.3. The van der Waals surface area contributed by atoms with Gasteiger partial charge in [0, 0.05) is 23.8 Å². The number of hydrogen-bond acceptors (Lipinski definition) is 6. The molecule has 0 saturated carbocycles. The lowest BCUT2D eigenvalue weighted by Crippen LogP contribution is -2.37. The molecule has 1 atom stereocenters. The Bertz CT molecular complexity index is 1090. The van der Waals surface area contributed by atoms with E-state index in [1.165, 1.54) is 17.4 Å². The smallest absolute Gasteiger partial charge is 0.273 e. The molecule has 29 heavy (non-hydrogen) atoms. The molecule has 0 radical (unpaired) electrons. The molecule has 0 N–H and O–H groups in total. The number of carbonyl (C=O) groups is 1. The Kier molecular flexibility index (Phi) is 5.29. The number of fused-ring (bicyclic) bond motifs is 1. The number of aromatic nitrogens is 1. The molecule has 3 aromatic rings. The van der Waals surface area contributed by atoms with Crippen LogP contribution >= 0.6 is 11.3 Å². The number of thiazole rings is 1. The fraction of sp³-hybridized carbons (Fsp3) is 0.333. The Balaban J connectivity index is 1.76. The molecule has 2 heterocycles. The number of aryl methyl sites for hydroxylation is 1. The van der Waals surface area contributed by atoms with E-state index in [0.717, 1.165) is 28.6 Å². The van der Waals surface area contributed by atoms with E-state index < -0.39 is 4.92 Å². The average molecular weight is 411 g/mol. The Labute approximate surface area is 172 Å². The largest absolute Gasteiger partial charge is 0.376 e. The minimum atomic E-state index is -0.461. The zero-order chi connectivity index (χ0) is 20.5. The van der Waals surface area contributed by atoms with Gasteiger partial charge >= 0.3 is 0 Å². The van der Waals surface area contributed by atoms with E-state index in [1.54, 1.807) is 24.0 Å². The molecule has 0 aliphatic carbocycles. The van der Waals surface area contributed by atoms with Crippen LogP contribution < -0.4 is 4.90 Å². The van der Waals surface area contributed by atoms with Crippen LogP contribution in [0.15, 0.2) is 36.4 Å². The van der Waals surface area contributed by atoms with Crippen molar-refractivity contribution in [1.82, 2.24) is 4.98 Å². The SMILES string of the molecule is Cc1ccc2nc(N(CC3CCCO3)C(=O)c3cccc([N+](=O)[O-])c3C)sc2c1. The molecule has 1 saturated heterocycles. The summed E-state index contributed by atoms with van der Waals surface area (Å²) < 4.78 is 6.75. The van der Waals surface area contributed by atoms with Crippen molar-refractivity contribution in [2.45, 2.75) is 32.8 Å². The predicted molar refractivity (Wildman–Crippen MR) is 113 cm³/mol. The second kappa shape index (κ2) is 7.88. The zero-order valence-electron chi connectivity index (χ0n) is 16.3. The summed E-state index contributed by atoms with van der Waals surface area (Å²) in [5.41, 5.74) is 2.56.